The van der Waals surface area contributed by atoms with Gasteiger partial charge in [-0.15, -0.1) is 0 Å². The van der Waals surface area contributed by atoms with Crippen LogP contribution in [0.15, 0.2) is 40.9 Å². The van der Waals surface area contributed by atoms with Gasteiger partial charge in [0, 0.05) is 16.2 Å². The Morgan fingerprint density at radius 2 is 1.90 bits per heavy atom. The Balaban J connectivity index is 2.23. The number of rotatable bonds is 3. The van der Waals surface area contributed by atoms with Gasteiger partial charge in [-0.3, -0.25) is 0 Å². The van der Waals surface area contributed by atoms with Crippen molar-refractivity contribution in [1.82, 2.24) is 0 Å². The Labute approximate surface area is 128 Å². The van der Waals surface area contributed by atoms with Gasteiger partial charge in [-0.25, -0.2) is 0 Å². The van der Waals surface area contributed by atoms with Gasteiger partial charge in [0.2, 0.25) is 0 Å². The van der Waals surface area contributed by atoms with Crippen LogP contribution in [0.3, 0.4) is 0 Å². The van der Waals surface area contributed by atoms with E-state index in [0.29, 0.717) is 5.56 Å². The number of hydrogen-bond donors (Lipinski definition) is 1. The lowest BCUT2D eigenvalue weighted by molar-refractivity contribution is 0.872. The van der Waals surface area contributed by atoms with Crippen LogP contribution in [0.5, 0.6) is 0 Å². The number of halogens is 1. The van der Waals surface area contributed by atoms with Crippen LogP contribution < -0.4 is 5.32 Å². The maximum absolute atomic E-state index is 8.88. The van der Waals surface area contributed by atoms with Gasteiger partial charge in [-0.2, -0.15) is 5.26 Å². The highest BCUT2D eigenvalue weighted by molar-refractivity contribution is 9.10. The molecular weight excluding hydrogens is 312 g/mol. The normalized spacial score (nSPS) is 11.8. The van der Waals surface area contributed by atoms with Crippen LogP contribution in [0, 0.1) is 25.2 Å². The van der Waals surface area contributed by atoms with E-state index in [2.05, 4.69) is 66.3 Å². The summed E-state index contributed by atoms with van der Waals surface area (Å²) < 4.78 is 0.910. The van der Waals surface area contributed by atoms with E-state index in [1.807, 2.05) is 18.2 Å². The van der Waals surface area contributed by atoms with Gasteiger partial charge in [-0.1, -0.05) is 23.8 Å². The smallest absolute Gasteiger partial charge is 0.0992 e. The molecular formula is C17H17BrN2. The van der Waals surface area contributed by atoms with Crippen LogP contribution in [0.2, 0.25) is 0 Å². The van der Waals surface area contributed by atoms with E-state index in [9.17, 15) is 0 Å². The molecule has 2 aromatic rings. The lowest BCUT2D eigenvalue weighted by Crippen LogP contribution is -2.08. The van der Waals surface area contributed by atoms with E-state index < -0.39 is 0 Å². The number of nitrogens with zero attached hydrogens (tertiary/aromatic N) is 1. The molecule has 102 valence electrons. The molecule has 0 aliphatic carbocycles. The second-order valence-corrected chi connectivity index (χ2v) is 5.89. The zero-order valence-corrected chi connectivity index (χ0v) is 13.5. The zero-order valence-electron chi connectivity index (χ0n) is 11.9. The standard InChI is InChI=1S/C17H17BrN2/c1-11-4-6-15(12(2)8-11)13(3)20-17-7-5-14(10-19)9-16(17)18/h4-9,13,20H,1-3H3. The molecule has 1 N–H and O–H groups in total. The number of nitriles is 1. The molecule has 2 nitrogen and oxygen atoms in total. The van der Waals surface area contributed by atoms with E-state index in [1.165, 1.54) is 16.7 Å². The predicted octanol–water partition coefficient (Wildman–Crippen LogP) is 5.11. The number of benzene rings is 2. The Morgan fingerprint density at radius 1 is 1.15 bits per heavy atom. The van der Waals surface area contributed by atoms with Gasteiger partial charge in [0.15, 0.2) is 0 Å². The lowest BCUT2D eigenvalue weighted by Gasteiger charge is -2.19. The number of aryl methyl sites for hydroxylation is 2. The van der Waals surface area contributed by atoms with Gasteiger partial charge in [0.05, 0.1) is 11.6 Å². The summed E-state index contributed by atoms with van der Waals surface area (Å²) in [5.41, 5.74) is 5.50. The molecule has 20 heavy (non-hydrogen) atoms. The van der Waals surface area contributed by atoms with E-state index in [-0.39, 0.29) is 6.04 Å². The Bertz CT molecular complexity index is 671. The molecule has 0 spiro atoms. The summed E-state index contributed by atoms with van der Waals surface area (Å²) in [4.78, 5) is 0. The van der Waals surface area contributed by atoms with E-state index in [0.717, 1.165) is 10.2 Å². The van der Waals surface area contributed by atoms with Crippen molar-refractivity contribution in [3.63, 3.8) is 0 Å². The SMILES string of the molecule is Cc1ccc(C(C)Nc2ccc(C#N)cc2Br)c(C)c1. The molecule has 0 aliphatic rings. The molecule has 0 amide bonds. The molecule has 0 radical (unpaired) electrons. The van der Waals surface area contributed by atoms with Gasteiger partial charge in [0.1, 0.15) is 0 Å². The zero-order chi connectivity index (χ0) is 14.7. The van der Waals surface area contributed by atoms with Crippen molar-refractivity contribution in [2.45, 2.75) is 26.8 Å². The fourth-order valence-electron chi connectivity index (χ4n) is 2.32. The largest absolute Gasteiger partial charge is 0.378 e. The Morgan fingerprint density at radius 3 is 2.50 bits per heavy atom. The molecule has 1 unspecified atom stereocenters. The van der Waals surface area contributed by atoms with Crippen molar-refractivity contribution in [3.8, 4) is 6.07 Å². The second kappa shape index (κ2) is 6.11. The molecule has 0 bridgehead atoms. The van der Waals surface area contributed by atoms with Crippen molar-refractivity contribution < 1.29 is 0 Å². The summed E-state index contributed by atoms with van der Waals surface area (Å²) in [5, 5.41) is 12.4. The molecule has 1 atom stereocenters. The molecule has 0 saturated carbocycles. The molecule has 0 fully saturated rings. The van der Waals surface area contributed by atoms with Crippen LogP contribution in [-0.4, -0.2) is 0 Å². The number of nitrogens with one attached hydrogen (secondary N) is 1. The van der Waals surface area contributed by atoms with Crippen LogP contribution in [0.4, 0.5) is 5.69 Å². The van der Waals surface area contributed by atoms with Gasteiger partial charge < -0.3 is 5.32 Å². The predicted molar refractivity (Wildman–Crippen MR) is 86.8 cm³/mol. The number of anilines is 1. The summed E-state index contributed by atoms with van der Waals surface area (Å²) in [5.74, 6) is 0. The highest BCUT2D eigenvalue weighted by atomic mass is 79.9. The quantitative estimate of drug-likeness (QED) is 0.849. The Kier molecular flexibility index (Phi) is 4.46. The average molecular weight is 329 g/mol. The highest BCUT2D eigenvalue weighted by Gasteiger charge is 2.10. The number of hydrogen-bond acceptors (Lipinski definition) is 2. The van der Waals surface area contributed by atoms with Crippen molar-refractivity contribution in [1.29, 1.82) is 5.26 Å². The first-order chi connectivity index (χ1) is 9.51. The minimum absolute atomic E-state index is 0.208. The summed E-state index contributed by atoms with van der Waals surface area (Å²) >= 11 is 3.51. The van der Waals surface area contributed by atoms with Crippen molar-refractivity contribution >= 4 is 21.6 Å². The van der Waals surface area contributed by atoms with Crippen LogP contribution in [0.25, 0.3) is 0 Å². The summed E-state index contributed by atoms with van der Waals surface area (Å²) in [6.45, 7) is 6.38. The second-order valence-electron chi connectivity index (χ2n) is 5.03. The van der Waals surface area contributed by atoms with Crippen molar-refractivity contribution in [2.24, 2.45) is 0 Å². The molecule has 2 aromatic carbocycles. The van der Waals surface area contributed by atoms with Crippen LogP contribution in [0.1, 0.15) is 35.2 Å². The van der Waals surface area contributed by atoms with Crippen LogP contribution >= 0.6 is 15.9 Å². The van der Waals surface area contributed by atoms with Crippen molar-refractivity contribution in [2.75, 3.05) is 5.32 Å². The monoisotopic (exact) mass is 328 g/mol. The third-order valence-electron chi connectivity index (χ3n) is 3.36. The van der Waals surface area contributed by atoms with Gasteiger partial charge >= 0.3 is 0 Å². The minimum atomic E-state index is 0.208. The average Bonchev–Trinajstić information content (AvgIpc) is 2.40. The first-order valence-electron chi connectivity index (χ1n) is 6.54. The summed E-state index contributed by atoms with van der Waals surface area (Å²) in [6.07, 6.45) is 0. The minimum Gasteiger partial charge on any atom is -0.378 e. The van der Waals surface area contributed by atoms with Crippen molar-refractivity contribution in [3.05, 3.63) is 63.1 Å². The topological polar surface area (TPSA) is 35.8 Å². The first kappa shape index (κ1) is 14.6. The molecule has 2 rings (SSSR count). The molecule has 0 saturated heterocycles. The third-order valence-corrected chi connectivity index (χ3v) is 4.02. The summed E-state index contributed by atoms with van der Waals surface area (Å²) in [7, 11) is 0. The van der Waals surface area contributed by atoms with Gasteiger partial charge in [-0.05, 0) is 66.0 Å². The molecule has 0 aromatic heterocycles. The molecule has 3 heteroatoms. The van der Waals surface area contributed by atoms with Crippen LogP contribution in [-0.2, 0) is 0 Å². The lowest BCUT2D eigenvalue weighted by atomic mass is 10.00. The Hall–Kier alpha value is -1.79. The van der Waals surface area contributed by atoms with E-state index in [4.69, 9.17) is 5.26 Å². The molecule has 0 aliphatic heterocycles. The van der Waals surface area contributed by atoms with Gasteiger partial charge in [0.25, 0.3) is 0 Å². The van der Waals surface area contributed by atoms with E-state index >= 15 is 0 Å². The first-order valence-corrected chi connectivity index (χ1v) is 7.34. The highest BCUT2D eigenvalue weighted by Crippen LogP contribution is 2.28. The maximum atomic E-state index is 8.88. The fourth-order valence-corrected chi connectivity index (χ4v) is 2.82. The maximum Gasteiger partial charge on any atom is 0.0992 e. The molecule has 0 heterocycles. The third kappa shape index (κ3) is 3.20. The van der Waals surface area contributed by atoms with E-state index in [1.54, 1.807) is 0 Å². The fraction of sp³-hybridized carbons (Fsp3) is 0.235. The summed E-state index contributed by atoms with van der Waals surface area (Å²) in [6, 6.07) is 14.4.